The van der Waals surface area contributed by atoms with Crippen molar-refractivity contribution in [2.75, 3.05) is 6.54 Å². The van der Waals surface area contributed by atoms with Crippen molar-refractivity contribution in [1.29, 1.82) is 0 Å². The lowest BCUT2D eigenvalue weighted by Gasteiger charge is -2.03. The lowest BCUT2D eigenvalue weighted by atomic mass is 10.2. The van der Waals surface area contributed by atoms with E-state index < -0.39 is 0 Å². The molecule has 24 heavy (non-hydrogen) atoms. The second-order valence-electron chi connectivity index (χ2n) is 5.84. The van der Waals surface area contributed by atoms with Crippen LogP contribution in [0.2, 0.25) is 0 Å². The maximum atomic E-state index is 12.2. The fourth-order valence-electron chi connectivity index (χ4n) is 2.51. The van der Waals surface area contributed by atoms with Gasteiger partial charge in [-0.05, 0) is 26.8 Å². The number of rotatable bonds is 5. The van der Waals surface area contributed by atoms with E-state index in [1.165, 1.54) is 10.4 Å². The number of thiophene rings is 1. The van der Waals surface area contributed by atoms with Gasteiger partial charge < -0.3 is 5.32 Å². The fourth-order valence-corrected chi connectivity index (χ4v) is 4.29. The summed E-state index contributed by atoms with van der Waals surface area (Å²) in [6.07, 6.45) is 0.746. The number of hydrogen-bond acceptors (Lipinski definition) is 4. The molecule has 0 saturated heterocycles. The number of carbonyl (C=O) groups excluding carboxylic acids is 1. The van der Waals surface area contributed by atoms with Crippen molar-refractivity contribution >= 4 is 28.6 Å². The number of benzene rings is 1. The topological polar surface area (TPSA) is 42.0 Å². The Balaban J connectivity index is 1.57. The number of thiazole rings is 1. The van der Waals surface area contributed by atoms with Gasteiger partial charge >= 0.3 is 0 Å². The van der Waals surface area contributed by atoms with Crippen LogP contribution in [0.15, 0.2) is 35.7 Å². The molecular formula is C19H20N2OS2. The van der Waals surface area contributed by atoms with Crippen LogP contribution in [0.25, 0.3) is 10.6 Å². The second-order valence-corrected chi connectivity index (χ2v) is 8.16. The average molecular weight is 357 g/mol. The van der Waals surface area contributed by atoms with E-state index in [1.54, 1.807) is 22.7 Å². The molecule has 3 aromatic rings. The summed E-state index contributed by atoms with van der Waals surface area (Å²) in [7, 11) is 0. The van der Waals surface area contributed by atoms with Crippen LogP contribution in [-0.4, -0.2) is 17.4 Å². The van der Waals surface area contributed by atoms with Crippen molar-refractivity contribution in [3.05, 3.63) is 62.3 Å². The van der Waals surface area contributed by atoms with Gasteiger partial charge in [0, 0.05) is 33.7 Å². The highest BCUT2D eigenvalue weighted by Crippen LogP contribution is 2.24. The van der Waals surface area contributed by atoms with Crippen LogP contribution in [0.4, 0.5) is 0 Å². The van der Waals surface area contributed by atoms with E-state index >= 15 is 0 Å². The standard InChI is InChI=1S/C19H20N2OS2/c1-12-4-6-15(7-5-12)19-21-16(11-23-19)8-9-20-18(22)17-10-13(2)24-14(17)3/h4-7,10-11H,8-9H2,1-3H3,(H,20,22). The largest absolute Gasteiger partial charge is 0.352 e. The summed E-state index contributed by atoms with van der Waals surface area (Å²) in [5.41, 5.74) is 4.20. The predicted octanol–water partition coefficient (Wildman–Crippen LogP) is 4.77. The monoisotopic (exact) mass is 356 g/mol. The Morgan fingerprint density at radius 2 is 1.92 bits per heavy atom. The lowest BCUT2D eigenvalue weighted by Crippen LogP contribution is -2.25. The molecule has 3 rings (SSSR count). The fraction of sp³-hybridized carbons (Fsp3) is 0.263. The Hall–Kier alpha value is -1.98. The number of aryl methyl sites for hydroxylation is 3. The summed E-state index contributed by atoms with van der Waals surface area (Å²) >= 11 is 3.31. The van der Waals surface area contributed by atoms with Gasteiger partial charge in [-0.3, -0.25) is 4.79 Å². The first-order chi connectivity index (χ1) is 11.5. The Bertz CT molecular complexity index is 847. The molecule has 1 aromatic carbocycles. The zero-order valence-corrected chi connectivity index (χ0v) is 15.7. The van der Waals surface area contributed by atoms with Gasteiger partial charge in [-0.15, -0.1) is 22.7 Å². The minimum atomic E-state index is 0.00541. The molecule has 0 fully saturated rings. The van der Waals surface area contributed by atoms with E-state index in [4.69, 9.17) is 0 Å². The van der Waals surface area contributed by atoms with Crippen molar-refractivity contribution < 1.29 is 4.79 Å². The average Bonchev–Trinajstić information content (AvgIpc) is 3.14. The molecule has 0 unspecified atom stereocenters. The van der Waals surface area contributed by atoms with Gasteiger partial charge in [0.2, 0.25) is 0 Å². The molecule has 0 radical (unpaired) electrons. The second kappa shape index (κ2) is 7.28. The van der Waals surface area contributed by atoms with Gasteiger partial charge in [0.05, 0.1) is 11.3 Å². The highest BCUT2D eigenvalue weighted by molar-refractivity contribution is 7.13. The van der Waals surface area contributed by atoms with Crippen molar-refractivity contribution in [2.24, 2.45) is 0 Å². The number of carbonyl (C=O) groups is 1. The third kappa shape index (κ3) is 3.91. The maximum Gasteiger partial charge on any atom is 0.252 e. The van der Waals surface area contributed by atoms with E-state index in [0.29, 0.717) is 6.54 Å². The van der Waals surface area contributed by atoms with Crippen molar-refractivity contribution in [3.63, 3.8) is 0 Å². The first-order valence-electron chi connectivity index (χ1n) is 7.89. The molecule has 1 amide bonds. The SMILES string of the molecule is Cc1ccc(-c2nc(CCNC(=O)c3cc(C)sc3C)cs2)cc1. The van der Waals surface area contributed by atoms with E-state index in [-0.39, 0.29) is 5.91 Å². The molecule has 0 spiro atoms. The molecule has 1 N–H and O–H groups in total. The zero-order chi connectivity index (χ0) is 17.1. The summed E-state index contributed by atoms with van der Waals surface area (Å²) in [6, 6.07) is 10.3. The van der Waals surface area contributed by atoms with Crippen LogP contribution >= 0.6 is 22.7 Å². The Morgan fingerprint density at radius 3 is 2.58 bits per heavy atom. The molecule has 3 nitrogen and oxygen atoms in total. The predicted molar refractivity (Wildman–Crippen MR) is 102 cm³/mol. The normalized spacial score (nSPS) is 10.8. The number of nitrogens with zero attached hydrogens (tertiary/aromatic N) is 1. The molecule has 0 atom stereocenters. The van der Waals surface area contributed by atoms with Crippen molar-refractivity contribution in [1.82, 2.24) is 10.3 Å². The summed E-state index contributed by atoms with van der Waals surface area (Å²) in [6.45, 7) is 6.69. The molecule has 0 aliphatic rings. The summed E-state index contributed by atoms with van der Waals surface area (Å²) in [4.78, 5) is 19.1. The molecule has 2 heterocycles. The third-order valence-corrected chi connectivity index (χ3v) is 5.71. The van der Waals surface area contributed by atoms with E-state index in [2.05, 4.69) is 46.9 Å². The van der Waals surface area contributed by atoms with E-state index in [9.17, 15) is 4.79 Å². The van der Waals surface area contributed by atoms with Crippen molar-refractivity contribution in [3.8, 4) is 10.6 Å². The third-order valence-electron chi connectivity index (χ3n) is 3.80. The molecule has 0 aliphatic heterocycles. The van der Waals surface area contributed by atoms with E-state index in [1.807, 2.05) is 19.9 Å². The van der Waals surface area contributed by atoms with Gasteiger partial charge in [-0.2, -0.15) is 0 Å². The van der Waals surface area contributed by atoms with Crippen LogP contribution in [0.1, 0.15) is 31.4 Å². The first-order valence-corrected chi connectivity index (χ1v) is 9.59. The van der Waals surface area contributed by atoms with Crippen molar-refractivity contribution in [2.45, 2.75) is 27.2 Å². The van der Waals surface area contributed by atoms with Gasteiger partial charge in [-0.25, -0.2) is 4.98 Å². The maximum absolute atomic E-state index is 12.2. The molecule has 0 aliphatic carbocycles. The Labute approximate surface area is 150 Å². The quantitative estimate of drug-likeness (QED) is 0.715. The lowest BCUT2D eigenvalue weighted by molar-refractivity contribution is 0.0954. The first kappa shape index (κ1) is 16.9. The minimum absolute atomic E-state index is 0.00541. The number of nitrogens with one attached hydrogen (secondary N) is 1. The molecule has 2 aromatic heterocycles. The van der Waals surface area contributed by atoms with Crippen LogP contribution in [0.3, 0.4) is 0 Å². The molecule has 5 heteroatoms. The highest BCUT2D eigenvalue weighted by atomic mass is 32.1. The number of aromatic nitrogens is 1. The van der Waals surface area contributed by atoms with E-state index in [0.717, 1.165) is 33.1 Å². The minimum Gasteiger partial charge on any atom is -0.352 e. The molecule has 0 bridgehead atoms. The van der Waals surface area contributed by atoms with Crippen LogP contribution in [0, 0.1) is 20.8 Å². The smallest absolute Gasteiger partial charge is 0.252 e. The zero-order valence-electron chi connectivity index (χ0n) is 14.1. The molecular weight excluding hydrogens is 336 g/mol. The van der Waals surface area contributed by atoms with Gasteiger partial charge in [0.15, 0.2) is 0 Å². The summed E-state index contributed by atoms with van der Waals surface area (Å²) in [5.74, 6) is 0.00541. The Morgan fingerprint density at radius 1 is 1.17 bits per heavy atom. The summed E-state index contributed by atoms with van der Waals surface area (Å²) in [5, 5.41) is 6.09. The summed E-state index contributed by atoms with van der Waals surface area (Å²) < 4.78 is 0. The number of hydrogen-bond donors (Lipinski definition) is 1. The van der Waals surface area contributed by atoms with Crippen LogP contribution < -0.4 is 5.32 Å². The van der Waals surface area contributed by atoms with Crippen LogP contribution in [-0.2, 0) is 6.42 Å². The van der Waals surface area contributed by atoms with Gasteiger partial charge in [0.1, 0.15) is 5.01 Å². The van der Waals surface area contributed by atoms with Crippen LogP contribution in [0.5, 0.6) is 0 Å². The molecule has 124 valence electrons. The van der Waals surface area contributed by atoms with Gasteiger partial charge in [0.25, 0.3) is 5.91 Å². The number of amides is 1. The Kier molecular flexibility index (Phi) is 5.11. The van der Waals surface area contributed by atoms with Gasteiger partial charge in [-0.1, -0.05) is 29.8 Å². The molecule has 0 saturated carbocycles. The highest BCUT2D eigenvalue weighted by Gasteiger charge is 2.11.